The molecule has 2 N–H and O–H groups in total. The molecule has 3 atom stereocenters. The van der Waals surface area contributed by atoms with Crippen molar-refractivity contribution in [3.05, 3.63) is 41.0 Å². The molecule has 0 radical (unpaired) electrons. The maximum absolute atomic E-state index is 13.9. The van der Waals surface area contributed by atoms with Gasteiger partial charge in [-0.25, -0.2) is 4.98 Å². The van der Waals surface area contributed by atoms with Crippen molar-refractivity contribution < 1.29 is 19.5 Å². The molecule has 4 rings (SSSR count). The number of thiazole rings is 1. The smallest absolute Gasteiger partial charge is 0.246 e. The zero-order valence-corrected chi connectivity index (χ0v) is 24.3. The van der Waals surface area contributed by atoms with E-state index in [4.69, 9.17) is 0 Å². The second-order valence-corrected chi connectivity index (χ2v) is 12.6. The van der Waals surface area contributed by atoms with E-state index in [0.29, 0.717) is 25.2 Å². The number of ketones is 1. The molecule has 1 aliphatic carbocycles. The quantitative estimate of drug-likeness (QED) is 0.404. The third kappa shape index (κ3) is 7.76. The zero-order chi connectivity index (χ0) is 27.9. The van der Waals surface area contributed by atoms with E-state index < -0.39 is 18.2 Å². The summed E-state index contributed by atoms with van der Waals surface area (Å²) < 4.78 is 0. The molecule has 2 heterocycles. The SMILES string of the molecule is Cc1ncsc1-c1ccc(CCC(=O)[C@@H]2C[C@@H](O)CN2C(=O)[C@@H](NC(=O)CCC(C)C)C2CCCCC2)cc1. The molecule has 39 heavy (non-hydrogen) atoms. The highest BCUT2D eigenvalue weighted by Gasteiger charge is 2.43. The molecular formula is C31H43N3O4S. The second-order valence-electron chi connectivity index (χ2n) is 11.7. The molecule has 2 aliphatic rings. The highest BCUT2D eigenvalue weighted by molar-refractivity contribution is 7.13. The molecule has 1 aromatic carbocycles. The fourth-order valence-electron chi connectivity index (χ4n) is 5.89. The molecule has 1 saturated carbocycles. The van der Waals surface area contributed by atoms with E-state index in [1.165, 1.54) is 0 Å². The van der Waals surface area contributed by atoms with Gasteiger partial charge in [0.2, 0.25) is 11.8 Å². The maximum Gasteiger partial charge on any atom is 0.246 e. The first kappa shape index (κ1) is 29.4. The van der Waals surface area contributed by atoms with Gasteiger partial charge in [0, 0.05) is 25.8 Å². The number of aromatic nitrogens is 1. The van der Waals surface area contributed by atoms with Crippen LogP contribution >= 0.6 is 11.3 Å². The third-order valence-electron chi connectivity index (χ3n) is 8.21. The van der Waals surface area contributed by atoms with E-state index in [1.54, 1.807) is 16.2 Å². The van der Waals surface area contributed by atoms with Gasteiger partial charge in [-0.05, 0) is 55.6 Å². The molecule has 0 bridgehead atoms. The molecule has 2 fully saturated rings. The number of amides is 2. The highest BCUT2D eigenvalue weighted by atomic mass is 32.1. The van der Waals surface area contributed by atoms with Crippen LogP contribution < -0.4 is 5.32 Å². The Hall–Kier alpha value is -2.58. The number of carbonyl (C=O) groups is 3. The van der Waals surface area contributed by atoms with E-state index in [2.05, 4.69) is 36.3 Å². The van der Waals surface area contributed by atoms with Crippen molar-refractivity contribution in [2.45, 2.75) is 103 Å². The molecule has 1 aliphatic heterocycles. The minimum atomic E-state index is -0.728. The predicted molar refractivity (Wildman–Crippen MR) is 154 cm³/mol. The Morgan fingerprint density at radius 3 is 2.46 bits per heavy atom. The first-order chi connectivity index (χ1) is 18.7. The Bertz CT molecular complexity index is 1120. The van der Waals surface area contributed by atoms with Gasteiger partial charge in [-0.3, -0.25) is 14.4 Å². The Kier molecular flexibility index (Phi) is 10.3. The van der Waals surface area contributed by atoms with Crippen LogP contribution in [0, 0.1) is 18.8 Å². The third-order valence-corrected chi connectivity index (χ3v) is 9.19. The van der Waals surface area contributed by atoms with Crippen molar-refractivity contribution in [1.82, 2.24) is 15.2 Å². The number of nitrogens with zero attached hydrogens (tertiary/aromatic N) is 2. The van der Waals surface area contributed by atoms with Gasteiger partial charge in [-0.1, -0.05) is 57.4 Å². The number of Topliss-reactive ketones (excluding diaryl/α,β-unsaturated/α-hetero) is 1. The molecule has 212 valence electrons. The number of benzene rings is 1. The van der Waals surface area contributed by atoms with Gasteiger partial charge in [0.1, 0.15) is 6.04 Å². The summed E-state index contributed by atoms with van der Waals surface area (Å²) in [7, 11) is 0. The van der Waals surface area contributed by atoms with Crippen LogP contribution in [0.4, 0.5) is 0 Å². The van der Waals surface area contributed by atoms with Gasteiger partial charge < -0.3 is 15.3 Å². The number of aryl methyl sites for hydroxylation is 2. The first-order valence-corrected chi connectivity index (χ1v) is 15.4. The number of aliphatic hydroxyl groups is 1. The van der Waals surface area contributed by atoms with Crippen LogP contribution in [0.15, 0.2) is 29.8 Å². The summed E-state index contributed by atoms with van der Waals surface area (Å²) in [4.78, 5) is 47.1. The van der Waals surface area contributed by atoms with Crippen LogP contribution in [0.3, 0.4) is 0 Å². The lowest BCUT2D eigenvalue weighted by Crippen LogP contribution is -2.55. The summed E-state index contributed by atoms with van der Waals surface area (Å²) in [6.45, 7) is 6.30. The standard InChI is InChI=1S/C31H43N3O4S/c1-20(2)9-16-28(37)33-29(23-7-5-4-6-8-23)31(38)34-18-25(35)17-26(34)27(36)15-12-22-10-13-24(14-11-22)30-21(3)32-19-39-30/h10-11,13-14,19-20,23,25-26,29,35H,4-9,12,15-18H2,1-3H3,(H,33,37)/t25-,26+,29+/m1/s1. The lowest BCUT2D eigenvalue weighted by Gasteiger charge is -2.34. The zero-order valence-electron chi connectivity index (χ0n) is 23.5. The van der Waals surface area contributed by atoms with Crippen molar-refractivity contribution in [3.8, 4) is 10.4 Å². The molecular weight excluding hydrogens is 510 g/mol. The average molecular weight is 554 g/mol. The van der Waals surface area contributed by atoms with Crippen molar-refractivity contribution >= 4 is 28.9 Å². The number of carbonyl (C=O) groups excluding carboxylic acids is 3. The summed E-state index contributed by atoms with van der Waals surface area (Å²) in [5.74, 6) is 0.133. The number of rotatable bonds is 11. The van der Waals surface area contributed by atoms with Crippen molar-refractivity contribution in [2.75, 3.05) is 6.54 Å². The van der Waals surface area contributed by atoms with E-state index in [9.17, 15) is 19.5 Å². The molecule has 1 saturated heterocycles. The normalized spacial score (nSPS) is 20.8. The fourth-order valence-corrected chi connectivity index (χ4v) is 6.70. The monoisotopic (exact) mass is 553 g/mol. The molecule has 2 aromatic rings. The van der Waals surface area contributed by atoms with Gasteiger partial charge in [0.15, 0.2) is 5.78 Å². The first-order valence-electron chi connectivity index (χ1n) is 14.5. The van der Waals surface area contributed by atoms with Crippen LogP contribution in [0.5, 0.6) is 0 Å². The van der Waals surface area contributed by atoms with Gasteiger partial charge in [-0.15, -0.1) is 11.3 Å². The van der Waals surface area contributed by atoms with E-state index in [1.807, 2.05) is 24.6 Å². The van der Waals surface area contributed by atoms with Gasteiger partial charge in [0.25, 0.3) is 0 Å². The minimum absolute atomic E-state index is 0.0317. The minimum Gasteiger partial charge on any atom is -0.391 e. The Morgan fingerprint density at radius 2 is 1.82 bits per heavy atom. The van der Waals surface area contributed by atoms with Crippen molar-refractivity contribution in [2.24, 2.45) is 11.8 Å². The molecule has 7 nitrogen and oxygen atoms in total. The number of aliphatic hydroxyl groups excluding tert-OH is 1. The lowest BCUT2D eigenvalue weighted by atomic mass is 9.83. The fraction of sp³-hybridized carbons (Fsp3) is 0.613. The highest BCUT2D eigenvalue weighted by Crippen LogP contribution is 2.31. The molecule has 2 amide bonds. The Labute approximate surface area is 236 Å². The van der Waals surface area contributed by atoms with Gasteiger partial charge in [-0.2, -0.15) is 0 Å². The molecule has 1 aromatic heterocycles. The summed E-state index contributed by atoms with van der Waals surface area (Å²) in [6.07, 6.45) is 6.59. The summed E-state index contributed by atoms with van der Waals surface area (Å²) >= 11 is 1.61. The number of likely N-dealkylation sites (tertiary alicyclic amines) is 1. The number of hydrogen-bond donors (Lipinski definition) is 2. The number of β-amino-alcohol motifs (C(OH)–C–C–N with tert-alkyl or cyclic N) is 1. The van der Waals surface area contributed by atoms with Crippen molar-refractivity contribution in [1.29, 1.82) is 0 Å². The van der Waals surface area contributed by atoms with Crippen molar-refractivity contribution in [3.63, 3.8) is 0 Å². The topological polar surface area (TPSA) is 99.6 Å². The van der Waals surface area contributed by atoms with Gasteiger partial charge >= 0.3 is 0 Å². The average Bonchev–Trinajstić information content (AvgIpc) is 3.55. The van der Waals surface area contributed by atoms with Gasteiger partial charge in [0.05, 0.1) is 28.2 Å². The Balaban J connectivity index is 1.41. The maximum atomic E-state index is 13.9. The van der Waals surface area contributed by atoms with Crippen LogP contribution in [-0.2, 0) is 20.8 Å². The second kappa shape index (κ2) is 13.7. The predicted octanol–water partition coefficient (Wildman–Crippen LogP) is 5.08. The lowest BCUT2D eigenvalue weighted by molar-refractivity contribution is -0.142. The summed E-state index contributed by atoms with van der Waals surface area (Å²) in [5, 5.41) is 13.5. The Morgan fingerprint density at radius 1 is 1.10 bits per heavy atom. The van der Waals surface area contributed by atoms with E-state index in [-0.39, 0.29) is 36.5 Å². The van der Waals surface area contributed by atoms with Crippen LogP contribution in [0.25, 0.3) is 10.4 Å². The van der Waals surface area contributed by atoms with Crippen LogP contribution in [0.1, 0.15) is 82.9 Å². The largest absolute Gasteiger partial charge is 0.391 e. The van der Waals surface area contributed by atoms with Crippen LogP contribution in [0.2, 0.25) is 0 Å². The molecule has 0 spiro atoms. The van der Waals surface area contributed by atoms with E-state index in [0.717, 1.165) is 60.2 Å². The number of hydrogen-bond acceptors (Lipinski definition) is 6. The molecule has 0 unspecified atom stereocenters. The van der Waals surface area contributed by atoms with Crippen LogP contribution in [-0.4, -0.2) is 57.3 Å². The molecule has 8 heteroatoms. The number of nitrogens with one attached hydrogen (secondary N) is 1. The van der Waals surface area contributed by atoms with E-state index >= 15 is 0 Å². The summed E-state index contributed by atoms with van der Waals surface area (Å²) in [6, 6.07) is 6.93. The summed E-state index contributed by atoms with van der Waals surface area (Å²) in [5.41, 5.74) is 5.03.